The third-order valence-corrected chi connectivity index (χ3v) is 2.63. The Morgan fingerprint density at radius 1 is 1.39 bits per heavy atom. The molecule has 0 aromatic heterocycles. The average Bonchev–Trinajstić information content (AvgIpc) is 2.24. The lowest BCUT2D eigenvalue weighted by atomic mass is 10.1. The van der Waals surface area contributed by atoms with Crippen LogP contribution in [0.5, 0.6) is 0 Å². The van der Waals surface area contributed by atoms with Gasteiger partial charge < -0.3 is 10.6 Å². The predicted octanol–water partition coefficient (Wildman–Crippen LogP) is 1.47. The molecule has 98 valence electrons. The molecule has 0 saturated heterocycles. The molecule has 0 unspecified atom stereocenters. The van der Waals surface area contributed by atoms with E-state index in [1.807, 2.05) is 0 Å². The van der Waals surface area contributed by atoms with Gasteiger partial charge in [-0.2, -0.15) is 0 Å². The lowest BCUT2D eigenvalue weighted by Gasteiger charge is -2.26. The first-order valence-corrected chi connectivity index (χ1v) is 5.68. The molecule has 2 amide bonds. The Bertz CT molecular complexity index is 472. The van der Waals surface area contributed by atoms with Crippen molar-refractivity contribution in [3.05, 3.63) is 35.1 Å². The molecular weight excluding hydrogens is 235 g/mol. The Kier molecular flexibility index (Phi) is 4.42. The third-order valence-electron chi connectivity index (χ3n) is 2.63. The van der Waals surface area contributed by atoms with Crippen LogP contribution in [0.15, 0.2) is 18.2 Å². The summed E-state index contributed by atoms with van der Waals surface area (Å²) >= 11 is 0. The second-order valence-corrected chi connectivity index (χ2v) is 4.45. The molecule has 2 N–H and O–H groups in total. The van der Waals surface area contributed by atoms with Crippen LogP contribution in [0.1, 0.15) is 29.8 Å². The van der Waals surface area contributed by atoms with Gasteiger partial charge in [-0.25, -0.2) is 4.39 Å². The molecule has 5 heteroatoms. The standard InChI is InChI=1S/C13H17FN2O2/c1-8(2)16(7-12(15)17)13(18)11-5-4-10(14)6-9(11)3/h4-6,8H,7H2,1-3H3,(H2,15,17). The number of hydrogen-bond donors (Lipinski definition) is 1. The quantitative estimate of drug-likeness (QED) is 0.882. The van der Waals surface area contributed by atoms with Crippen LogP contribution in [0.25, 0.3) is 0 Å². The highest BCUT2D eigenvalue weighted by molar-refractivity contribution is 5.97. The van der Waals surface area contributed by atoms with Crippen LogP contribution in [-0.4, -0.2) is 29.3 Å². The number of carbonyl (C=O) groups is 2. The van der Waals surface area contributed by atoms with Gasteiger partial charge in [-0.05, 0) is 44.5 Å². The molecule has 18 heavy (non-hydrogen) atoms. The Balaban J connectivity index is 3.05. The highest BCUT2D eigenvalue weighted by Crippen LogP contribution is 2.14. The lowest BCUT2D eigenvalue weighted by molar-refractivity contribution is -0.119. The normalized spacial score (nSPS) is 10.5. The molecule has 0 aliphatic carbocycles. The van der Waals surface area contributed by atoms with Gasteiger partial charge in [-0.1, -0.05) is 0 Å². The minimum Gasteiger partial charge on any atom is -0.368 e. The highest BCUT2D eigenvalue weighted by atomic mass is 19.1. The molecule has 0 bridgehead atoms. The number of halogens is 1. The van der Waals surface area contributed by atoms with Gasteiger partial charge in [-0.15, -0.1) is 0 Å². The SMILES string of the molecule is Cc1cc(F)ccc1C(=O)N(CC(N)=O)C(C)C. The molecule has 4 nitrogen and oxygen atoms in total. The molecule has 0 aliphatic rings. The van der Waals surface area contributed by atoms with Crippen molar-refractivity contribution in [2.45, 2.75) is 26.8 Å². The molecule has 0 aliphatic heterocycles. The first kappa shape index (κ1) is 14.2. The minimum atomic E-state index is -0.572. The van der Waals surface area contributed by atoms with E-state index in [2.05, 4.69) is 0 Å². The van der Waals surface area contributed by atoms with Crippen LogP contribution in [0, 0.1) is 12.7 Å². The number of carbonyl (C=O) groups excluding carboxylic acids is 2. The first-order chi connectivity index (χ1) is 8.32. The van der Waals surface area contributed by atoms with Gasteiger partial charge >= 0.3 is 0 Å². The Labute approximate surface area is 106 Å². The number of amides is 2. The van der Waals surface area contributed by atoms with Gasteiger partial charge in [0.1, 0.15) is 5.82 Å². The van der Waals surface area contributed by atoms with E-state index in [0.717, 1.165) is 0 Å². The number of benzene rings is 1. The van der Waals surface area contributed by atoms with E-state index in [0.29, 0.717) is 11.1 Å². The molecular formula is C13H17FN2O2. The van der Waals surface area contributed by atoms with Crippen LogP contribution in [0.2, 0.25) is 0 Å². The van der Waals surface area contributed by atoms with E-state index in [9.17, 15) is 14.0 Å². The van der Waals surface area contributed by atoms with E-state index in [1.165, 1.54) is 23.1 Å². The number of rotatable bonds is 4. The summed E-state index contributed by atoms with van der Waals surface area (Å²) in [6.45, 7) is 5.09. The van der Waals surface area contributed by atoms with Crippen molar-refractivity contribution in [3.8, 4) is 0 Å². The van der Waals surface area contributed by atoms with E-state index in [-0.39, 0.29) is 18.5 Å². The Hall–Kier alpha value is -1.91. The van der Waals surface area contributed by atoms with Crippen molar-refractivity contribution < 1.29 is 14.0 Å². The maximum atomic E-state index is 13.0. The number of primary amides is 1. The van der Waals surface area contributed by atoms with Crippen molar-refractivity contribution in [1.29, 1.82) is 0 Å². The largest absolute Gasteiger partial charge is 0.368 e. The molecule has 0 spiro atoms. The topological polar surface area (TPSA) is 63.4 Å². The minimum absolute atomic E-state index is 0.146. The van der Waals surface area contributed by atoms with Gasteiger partial charge in [0.05, 0.1) is 6.54 Å². The molecule has 0 saturated carbocycles. The van der Waals surface area contributed by atoms with Crippen LogP contribution in [0.4, 0.5) is 4.39 Å². The maximum absolute atomic E-state index is 13.0. The fraction of sp³-hybridized carbons (Fsp3) is 0.385. The summed E-state index contributed by atoms with van der Waals surface area (Å²) in [6, 6.07) is 3.78. The third kappa shape index (κ3) is 3.29. The summed E-state index contributed by atoms with van der Waals surface area (Å²) in [5.74, 6) is -1.28. The van der Waals surface area contributed by atoms with Crippen molar-refractivity contribution in [1.82, 2.24) is 4.90 Å². The number of hydrogen-bond acceptors (Lipinski definition) is 2. The summed E-state index contributed by atoms with van der Waals surface area (Å²) in [6.07, 6.45) is 0. The van der Waals surface area contributed by atoms with Crippen molar-refractivity contribution >= 4 is 11.8 Å². The van der Waals surface area contributed by atoms with Crippen LogP contribution < -0.4 is 5.73 Å². The molecule has 1 rings (SSSR count). The van der Waals surface area contributed by atoms with Crippen molar-refractivity contribution in [3.63, 3.8) is 0 Å². The lowest BCUT2D eigenvalue weighted by Crippen LogP contribution is -2.43. The zero-order chi connectivity index (χ0) is 13.9. The summed E-state index contributed by atoms with van der Waals surface area (Å²) in [5, 5.41) is 0. The summed E-state index contributed by atoms with van der Waals surface area (Å²) in [7, 11) is 0. The Morgan fingerprint density at radius 2 is 2.00 bits per heavy atom. The fourth-order valence-corrected chi connectivity index (χ4v) is 1.68. The summed E-state index contributed by atoms with van der Waals surface area (Å²) in [4.78, 5) is 24.6. The zero-order valence-corrected chi connectivity index (χ0v) is 10.7. The number of nitrogens with zero attached hydrogens (tertiary/aromatic N) is 1. The van der Waals surface area contributed by atoms with Gasteiger partial charge in [0.25, 0.3) is 5.91 Å². The zero-order valence-electron chi connectivity index (χ0n) is 10.7. The fourth-order valence-electron chi connectivity index (χ4n) is 1.68. The van der Waals surface area contributed by atoms with Gasteiger partial charge in [0.2, 0.25) is 5.91 Å². The van der Waals surface area contributed by atoms with E-state index in [1.54, 1.807) is 20.8 Å². The monoisotopic (exact) mass is 252 g/mol. The number of aryl methyl sites for hydroxylation is 1. The van der Waals surface area contributed by atoms with Gasteiger partial charge in [0.15, 0.2) is 0 Å². The molecule has 1 aromatic rings. The second-order valence-electron chi connectivity index (χ2n) is 4.45. The van der Waals surface area contributed by atoms with E-state index >= 15 is 0 Å². The Morgan fingerprint density at radius 3 is 2.44 bits per heavy atom. The molecule has 0 fully saturated rings. The van der Waals surface area contributed by atoms with Crippen molar-refractivity contribution in [2.75, 3.05) is 6.54 Å². The van der Waals surface area contributed by atoms with E-state index in [4.69, 9.17) is 5.73 Å². The van der Waals surface area contributed by atoms with Gasteiger partial charge in [-0.3, -0.25) is 9.59 Å². The maximum Gasteiger partial charge on any atom is 0.254 e. The van der Waals surface area contributed by atoms with Gasteiger partial charge in [0, 0.05) is 11.6 Å². The molecule has 0 atom stereocenters. The average molecular weight is 252 g/mol. The first-order valence-electron chi connectivity index (χ1n) is 5.68. The second kappa shape index (κ2) is 5.62. The summed E-state index contributed by atoms with van der Waals surface area (Å²) in [5.41, 5.74) is 6.03. The highest BCUT2D eigenvalue weighted by Gasteiger charge is 2.21. The molecule has 1 aromatic carbocycles. The molecule has 0 heterocycles. The van der Waals surface area contributed by atoms with Crippen LogP contribution >= 0.6 is 0 Å². The summed E-state index contributed by atoms with van der Waals surface area (Å²) < 4.78 is 13.0. The van der Waals surface area contributed by atoms with Crippen LogP contribution in [-0.2, 0) is 4.79 Å². The van der Waals surface area contributed by atoms with Crippen LogP contribution in [0.3, 0.4) is 0 Å². The van der Waals surface area contributed by atoms with E-state index < -0.39 is 11.7 Å². The number of nitrogens with two attached hydrogens (primary N) is 1. The molecule has 0 radical (unpaired) electrons. The van der Waals surface area contributed by atoms with Crippen molar-refractivity contribution in [2.24, 2.45) is 5.73 Å². The predicted molar refractivity (Wildman–Crippen MR) is 66.5 cm³/mol. The smallest absolute Gasteiger partial charge is 0.254 e.